The molecule has 0 saturated heterocycles. The van der Waals surface area contributed by atoms with E-state index in [-0.39, 0.29) is 0 Å². The van der Waals surface area contributed by atoms with Crippen LogP contribution in [-0.4, -0.2) is 21.6 Å². The van der Waals surface area contributed by atoms with E-state index in [1.54, 1.807) is 7.11 Å². The van der Waals surface area contributed by atoms with Crippen LogP contribution in [0.15, 0.2) is 36.5 Å². The molecule has 0 aliphatic carbocycles. The van der Waals surface area contributed by atoms with Crippen LogP contribution in [-0.2, 0) is 13.0 Å². The van der Waals surface area contributed by atoms with Crippen molar-refractivity contribution in [2.24, 2.45) is 0 Å². The van der Waals surface area contributed by atoms with E-state index in [0.717, 1.165) is 41.1 Å². The van der Waals surface area contributed by atoms with Crippen LogP contribution in [0.4, 0.5) is 5.69 Å². The molecule has 0 fully saturated rings. The minimum atomic E-state index is 0.623. The Hall–Kier alpha value is -2.56. The summed E-state index contributed by atoms with van der Waals surface area (Å²) in [4.78, 5) is 8.91. The number of fused-ring (bicyclic) bond motifs is 1. The van der Waals surface area contributed by atoms with E-state index in [1.807, 2.05) is 36.5 Å². The predicted molar refractivity (Wildman–Crippen MR) is 83.4 cm³/mol. The highest BCUT2D eigenvalue weighted by molar-refractivity contribution is 5.79. The van der Waals surface area contributed by atoms with Gasteiger partial charge in [-0.25, -0.2) is 9.97 Å². The van der Waals surface area contributed by atoms with Crippen molar-refractivity contribution in [1.29, 1.82) is 0 Å². The largest absolute Gasteiger partial charge is 0.481 e. The molecular formula is C16H18N4O. The van der Waals surface area contributed by atoms with Gasteiger partial charge in [-0.3, -0.25) is 0 Å². The van der Waals surface area contributed by atoms with Crippen LogP contribution < -0.4 is 10.5 Å². The highest BCUT2D eigenvalue weighted by Gasteiger charge is 2.10. The number of aryl methyl sites for hydroxylation is 1. The Morgan fingerprint density at radius 2 is 2.10 bits per heavy atom. The summed E-state index contributed by atoms with van der Waals surface area (Å²) in [7, 11) is 1.62. The molecule has 2 N–H and O–H groups in total. The fourth-order valence-electron chi connectivity index (χ4n) is 2.45. The normalized spacial score (nSPS) is 11.0. The molecule has 108 valence electrons. The first-order valence-corrected chi connectivity index (χ1v) is 6.95. The van der Waals surface area contributed by atoms with Gasteiger partial charge in [-0.1, -0.05) is 13.0 Å². The fourth-order valence-corrected chi connectivity index (χ4v) is 2.45. The molecule has 3 rings (SSSR count). The van der Waals surface area contributed by atoms with Gasteiger partial charge in [0.25, 0.3) is 0 Å². The third-order valence-electron chi connectivity index (χ3n) is 3.51. The lowest BCUT2D eigenvalue weighted by Gasteiger charge is -2.08. The molecule has 0 amide bonds. The number of imidazole rings is 1. The smallest absolute Gasteiger partial charge is 0.212 e. The molecule has 0 spiro atoms. The second-order valence-corrected chi connectivity index (χ2v) is 4.92. The Morgan fingerprint density at radius 1 is 1.24 bits per heavy atom. The van der Waals surface area contributed by atoms with Crippen LogP contribution in [0.2, 0.25) is 0 Å². The highest BCUT2D eigenvalue weighted by atomic mass is 16.5. The van der Waals surface area contributed by atoms with Gasteiger partial charge in [-0.15, -0.1) is 0 Å². The summed E-state index contributed by atoms with van der Waals surface area (Å²) < 4.78 is 7.30. The first-order valence-electron chi connectivity index (χ1n) is 6.95. The molecule has 5 heteroatoms. The summed E-state index contributed by atoms with van der Waals surface area (Å²) in [6, 6.07) is 9.74. The Kier molecular flexibility index (Phi) is 3.48. The molecule has 5 nitrogen and oxygen atoms in total. The van der Waals surface area contributed by atoms with Crippen LogP contribution in [0.25, 0.3) is 11.0 Å². The molecule has 2 aromatic heterocycles. The van der Waals surface area contributed by atoms with Crippen molar-refractivity contribution >= 4 is 16.7 Å². The quantitative estimate of drug-likeness (QED) is 0.747. The SMILES string of the molecule is CCc1nc2cc(N)ccc2n1Cc1ccc(OC)nc1. The summed E-state index contributed by atoms with van der Waals surface area (Å²) in [6.07, 6.45) is 2.71. The Labute approximate surface area is 123 Å². The average Bonchev–Trinajstić information content (AvgIpc) is 2.85. The molecule has 1 aromatic carbocycles. The van der Waals surface area contributed by atoms with Crippen molar-refractivity contribution in [2.75, 3.05) is 12.8 Å². The number of nitrogen functional groups attached to an aromatic ring is 1. The maximum atomic E-state index is 5.84. The van der Waals surface area contributed by atoms with Gasteiger partial charge < -0.3 is 15.0 Å². The molecule has 0 bridgehead atoms. The zero-order valence-electron chi connectivity index (χ0n) is 12.2. The van der Waals surface area contributed by atoms with Gasteiger partial charge in [0.1, 0.15) is 5.82 Å². The minimum absolute atomic E-state index is 0.623. The van der Waals surface area contributed by atoms with Crippen molar-refractivity contribution in [3.8, 4) is 5.88 Å². The van der Waals surface area contributed by atoms with Gasteiger partial charge in [0.15, 0.2) is 0 Å². The van der Waals surface area contributed by atoms with Gasteiger partial charge in [-0.2, -0.15) is 0 Å². The predicted octanol–water partition coefficient (Wildman–Crippen LogP) is 2.63. The van der Waals surface area contributed by atoms with Crippen molar-refractivity contribution < 1.29 is 4.74 Å². The number of hydrogen-bond acceptors (Lipinski definition) is 4. The van der Waals surface area contributed by atoms with Gasteiger partial charge in [0.2, 0.25) is 5.88 Å². The van der Waals surface area contributed by atoms with Crippen LogP contribution in [0.3, 0.4) is 0 Å². The van der Waals surface area contributed by atoms with E-state index in [2.05, 4.69) is 21.5 Å². The van der Waals surface area contributed by atoms with Crippen molar-refractivity contribution in [2.45, 2.75) is 19.9 Å². The summed E-state index contributed by atoms with van der Waals surface area (Å²) in [5.74, 6) is 1.67. The van der Waals surface area contributed by atoms with Crippen LogP contribution in [0, 0.1) is 0 Å². The number of methoxy groups -OCH3 is 1. The molecule has 0 atom stereocenters. The molecule has 0 radical (unpaired) electrons. The van der Waals surface area contributed by atoms with E-state index in [9.17, 15) is 0 Å². The summed E-state index contributed by atoms with van der Waals surface area (Å²) >= 11 is 0. The molecule has 0 saturated carbocycles. The van der Waals surface area contributed by atoms with Gasteiger partial charge in [-0.05, 0) is 23.8 Å². The first-order chi connectivity index (χ1) is 10.2. The lowest BCUT2D eigenvalue weighted by molar-refractivity contribution is 0.397. The number of benzene rings is 1. The van der Waals surface area contributed by atoms with E-state index >= 15 is 0 Å². The van der Waals surface area contributed by atoms with Crippen LogP contribution in [0.1, 0.15) is 18.3 Å². The molecule has 0 aliphatic rings. The zero-order valence-corrected chi connectivity index (χ0v) is 12.2. The molecule has 0 unspecified atom stereocenters. The number of pyridine rings is 1. The Morgan fingerprint density at radius 3 is 2.76 bits per heavy atom. The van der Waals surface area contributed by atoms with E-state index < -0.39 is 0 Å². The number of hydrogen-bond donors (Lipinski definition) is 1. The topological polar surface area (TPSA) is 66.0 Å². The van der Waals surface area contributed by atoms with E-state index in [4.69, 9.17) is 10.5 Å². The molecule has 0 aliphatic heterocycles. The summed E-state index contributed by atoms with van der Waals surface area (Å²) in [6.45, 7) is 2.84. The van der Waals surface area contributed by atoms with E-state index in [1.165, 1.54) is 0 Å². The van der Waals surface area contributed by atoms with Crippen molar-refractivity contribution in [3.63, 3.8) is 0 Å². The van der Waals surface area contributed by atoms with Gasteiger partial charge in [0, 0.05) is 24.4 Å². The number of ether oxygens (including phenoxy) is 1. The monoisotopic (exact) mass is 282 g/mol. The highest BCUT2D eigenvalue weighted by Crippen LogP contribution is 2.21. The van der Waals surface area contributed by atoms with Crippen LogP contribution in [0.5, 0.6) is 5.88 Å². The first kappa shape index (κ1) is 13.4. The molecule has 21 heavy (non-hydrogen) atoms. The average molecular weight is 282 g/mol. The molecule has 2 heterocycles. The minimum Gasteiger partial charge on any atom is -0.481 e. The van der Waals surface area contributed by atoms with E-state index in [0.29, 0.717) is 5.88 Å². The summed E-state index contributed by atoms with van der Waals surface area (Å²) in [5.41, 5.74) is 9.72. The number of anilines is 1. The fraction of sp³-hybridized carbons (Fsp3) is 0.250. The van der Waals surface area contributed by atoms with Crippen molar-refractivity contribution in [1.82, 2.24) is 14.5 Å². The molecule has 3 aromatic rings. The van der Waals surface area contributed by atoms with Gasteiger partial charge >= 0.3 is 0 Å². The van der Waals surface area contributed by atoms with Gasteiger partial charge in [0.05, 0.1) is 24.7 Å². The van der Waals surface area contributed by atoms with Crippen molar-refractivity contribution in [3.05, 3.63) is 47.9 Å². The second-order valence-electron chi connectivity index (χ2n) is 4.92. The number of nitrogens with zero attached hydrogens (tertiary/aromatic N) is 3. The maximum absolute atomic E-state index is 5.84. The lowest BCUT2D eigenvalue weighted by atomic mass is 10.2. The zero-order chi connectivity index (χ0) is 14.8. The Bertz CT molecular complexity index is 762. The third kappa shape index (κ3) is 2.54. The Balaban J connectivity index is 2.01. The standard InChI is InChI=1S/C16H18N4O/c1-3-15-19-13-8-12(17)5-6-14(13)20(15)10-11-4-7-16(21-2)18-9-11/h4-9H,3,10,17H2,1-2H3. The summed E-state index contributed by atoms with van der Waals surface area (Å²) in [5, 5.41) is 0. The third-order valence-corrected chi connectivity index (χ3v) is 3.51. The lowest BCUT2D eigenvalue weighted by Crippen LogP contribution is -2.04. The van der Waals surface area contributed by atoms with Crippen LogP contribution >= 0.6 is 0 Å². The number of nitrogens with two attached hydrogens (primary N) is 1. The number of aromatic nitrogens is 3. The molecular weight excluding hydrogens is 264 g/mol. The number of rotatable bonds is 4. The maximum Gasteiger partial charge on any atom is 0.212 e. The second kappa shape index (κ2) is 5.44.